The van der Waals surface area contributed by atoms with E-state index < -0.39 is 0 Å². The van der Waals surface area contributed by atoms with Gasteiger partial charge in [0, 0.05) is 12.1 Å². The molecule has 12 heavy (non-hydrogen) atoms. The summed E-state index contributed by atoms with van der Waals surface area (Å²) in [5, 5.41) is 0. The molecule has 0 aromatic rings. The van der Waals surface area contributed by atoms with E-state index in [1.807, 2.05) is 0 Å². The molecule has 1 heterocycles. The molecular weight excluding hydrogens is 146 g/mol. The number of hydrogen-bond donors (Lipinski definition) is 0. The molecular formula is C11H23N. The van der Waals surface area contributed by atoms with Gasteiger partial charge in [-0.15, -0.1) is 0 Å². The molecule has 1 rings (SSSR count). The van der Waals surface area contributed by atoms with Gasteiger partial charge >= 0.3 is 0 Å². The normalized spacial score (nSPS) is 51.0. The van der Waals surface area contributed by atoms with Crippen molar-refractivity contribution in [3.05, 3.63) is 0 Å². The molecule has 1 nitrogen and oxygen atoms in total. The second-order valence-corrected chi connectivity index (χ2v) is 4.72. The molecule has 0 spiro atoms. The highest BCUT2D eigenvalue weighted by atomic mass is 15.2. The highest BCUT2D eigenvalue weighted by molar-refractivity contribution is 4.89. The van der Waals surface area contributed by atoms with Gasteiger partial charge in [0.05, 0.1) is 0 Å². The molecule has 72 valence electrons. The van der Waals surface area contributed by atoms with E-state index in [-0.39, 0.29) is 0 Å². The van der Waals surface area contributed by atoms with Gasteiger partial charge in [-0.1, -0.05) is 20.8 Å². The van der Waals surface area contributed by atoms with Crippen molar-refractivity contribution in [3.8, 4) is 0 Å². The third kappa shape index (κ3) is 1.39. The van der Waals surface area contributed by atoms with Crippen molar-refractivity contribution in [2.45, 2.75) is 46.7 Å². The Bertz CT molecular complexity index is 96.6. The molecule has 0 aromatic heterocycles. The summed E-state index contributed by atoms with van der Waals surface area (Å²) >= 11 is 0. The fourth-order valence-electron chi connectivity index (χ4n) is 2.47. The van der Waals surface area contributed by atoms with Gasteiger partial charge in [-0.2, -0.15) is 0 Å². The van der Waals surface area contributed by atoms with Crippen LogP contribution in [0, 0.1) is 17.8 Å². The summed E-state index contributed by atoms with van der Waals surface area (Å²) in [7, 11) is 2.26. The van der Waals surface area contributed by atoms with Crippen LogP contribution >= 0.6 is 0 Å². The van der Waals surface area contributed by atoms with Crippen LogP contribution in [0.5, 0.6) is 0 Å². The van der Waals surface area contributed by atoms with E-state index in [0.29, 0.717) is 0 Å². The van der Waals surface area contributed by atoms with Crippen molar-refractivity contribution >= 4 is 0 Å². The highest BCUT2D eigenvalue weighted by Gasteiger charge is 2.37. The van der Waals surface area contributed by atoms with Crippen LogP contribution in [-0.2, 0) is 0 Å². The Morgan fingerprint density at radius 1 is 0.667 bits per heavy atom. The zero-order valence-corrected chi connectivity index (χ0v) is 9.33. The monoisotopic (exact) mass is 169 g/mol. The van der Waals surface area contributed by atoms with Gasteiger partial charge in [0.25, 0.3) is 0 Å². The summed E-state index contributed by atoms with van der Waals surface area (Å²) in [6, 6.07) is 1.48. The molecule has 0 N–H and O–H groups in total. The first kappa shape index (κ1) is 10.0. The molecule has 0 bridgehead atoms. The van der Waals surface area contributed by atoms with Gasteiger partial charge in [0.2, 0.25) is 0 Å². The Balaban J connectivity index is 2.76. The lowest BCUT2D eigenvalue weighted by Crippen LogP contribution is -2.52. The third-order valence-corrected chi connectivity index (χ3v) is 4.47. The molecule has 0 aromatic carbocycles. The van der Waals surface area contributed by atoms with Gasteiger partial charge in [0.1, 0.15) is 0 Å². The Labute approximate surface area is 77.1 Å². The zero-order valence-electron chi connectivity index (χ0n) is 9.33. The van der Waals surface area contributed by atoms with Crippen LogP contribution < -0.4 is 0 Å². The molecule has 1 saturated heterocycles. The predicted octanol–water partition coefficient (Wildman–Crippen LogP) is 2.62. The number of likely N-dealkylation sites (tertiary alicyclic amines) is 1. The maximum Gasteiger partial charge on any atom is 0.00950 e. The summed E-state index contributed by atoms with van der Waals surface area (Å²) in [6.07, 6.45) is 0. The van der Waals surface area contributed by atoms with E-state index in [4.69, 9.17) is 0 Å². The first-order valence-corrected chi connectivity index (χ1v) is 5.18. The van der Waals surface area contributed by atoms with Crippen LogP contribution in [-0.4, -0.2) is 24.0 Å². The zero-order chi connectivity index (χ0) is 9.46. The Kier molecular flexibility index (Phi) is 2.82. The van der Waals surface area contributed by atoms with Crippen molar-refractivity contribution in [3.63, 3.8) is 0 Å². The Morgan fingerprint density at radius 3 is 1.33 bits per heavy atom. The second-order valence-electron chi connectivity index (χ2n) is 4.72. The van der Waals surface area contributed by atoms with Gasteiger partial charge in [-0.25, -0.2) is 0 Å². The summed E-state index contributed by atoms with van der Waals surface area (Å²) in [5.41, 5.74) is 0. The van der Waals surface area contributed by atoms with E-state index >= 15 is 0 Å². The summed E-state index contributed by atoms with van der Waals surface area (Å²) in [4.78, 5) is 2.52. The third-order valence-electron chi connectivity index (χ3n) is 4.47. The topological polar surface area (TPSA) is 3.24 Å². The molecule has 1 aliphatic heterocycles. The summed E-state index contributed by atoms with van der Waals surface area (Å²) in [5.74, 6) is 2.54. The van der Waals surface area contributed by atoms with Crippen molar-refractivity contribution in [2.24, 2.45) is 17.8 Å². The van der Waals surface area contributed by atoms with Gasteiger partial charge in [0.15, 0.2) is 0 Å². The molecule has 0 radical (unpaired) electrons. The molecule has 4 atom stereocenters. The molecule has 1 heteroatoms. The molecule has 0 saturated carbocycles. The average Bonchev–Trinajstić information content (AvgIpc) is 2.08. The fraction of sp³-hybridized carbons (Fsp3) is 1.00. The Morgan fingerprint density at radius 2 is 1.00 bits per heavy atom. The van der Waals surface area contributed by atoms with Crippen molar-refractivity contribution in [1.29, 1.82) is 0 Å². The molecule has 1 fully saturated rings. The number of nitrogens with zero attached hydrogens (tertiary/aromatic N) is 1. The number of hydrogen-bond acceptors (Lipinski definition) is 1. The fourth-order valence-corrected chi connectivity index (χ4v) is 2.47. The Hall–Kier alpha value is -0.0400. The lowest BCUT2D eigenvalue weighted by molar-refractivity contribution is 0.00768. The second kappa shape index (κ2) is 3.37. The maximum atomic E-state index is 2.52. The van der Waals surface area contributed by atoms with Gasteiger partial charge < -0.3 is 4.90 Å². The van der Waals surface area contributed by atoms with Gasteiger partial charge in [-0.05, 0) is 38.6 Å². The van der Waals surface area contributed by atoms with Crippen LogP contribution in [0.2, 0.25) is 0 Å². The average molecular weight is 169 g/mol. The van der Waals surface area contributed by atoms with Crippen LogP contribution in [0.3, 0.4) is 0 Å². The maximum absolute atomic E-state index is 2.52. The smallest absolute Gasteiger partial charge is 0.00950 e. The SMILES string of the molecule is CC1C(C)C(C)N(C)C(C)C1C. The van der Waals surface area contributed by atoms with E-state index in [2.05, 4.69) is 46.6 Å². The highest BCUT2D eigenvalue weighted by Crippen LogP contribution is 2.35. The summed E-state index contributed by atoms with van der Waals surface area (Å²) < 4.78 is 0. The predicted molar refractivity (Wildman–Crippen MR) is 54.2 cm³/mol. The lowest BCUT2D eigenvalue weighted by Gasteiger charge is -2.48. The lowest BCUT2D eigenvalue weighted by atomic mass is 9.73. The molecule has 0 aliphatic carbocycles. The van der Waals surface area contributed by atoms with Crippen molar-refractivity contribution < 1.29 is 0 Å². The summed E-state index contributed by atoms with van der Waals surface area (Å²) in [6.45, 7) is 11.9. The largest absolute Gasteiger partial charge is 0.300 e. The van der Waals surface area contributed by atoms with Crippen LogP contribution in [0.4, 0.5) is 0 Å². The molecule has 1 aliphatic rings. The molecule has 0 amide bonds. The van der Waals surface area contributed by atoms with Crippen LogP contribution in [0.15, 0.2) is 0 Å². The van der Waals surface area contributed by atoms with E-state index in [1.165, 1.54) is 0 Å². The standard InChI is InChI=1S/C11H23N/c1-7-8(2)10(4)12(6)11(5)9(7)3/h7-11H,1-6H3. The van der Waals surface area contributed by atoms with E-state index in [9.17, 15) is 0 Å². The van der Waals surface area contributed by atoms with Crippen LogP contribution in [0.25, 0.3) is 0 Å². The quantitative estimate of drug-likeness (QED) is 0.539. The van der Waals surface area contributed by atoms with Crippen molar-refractivity contribution in [1.82, 2.24) is 4.90 Å². The minimum atomic E-state index is 0.742. The first-order chi connectivity index (χ1) is 5.46. The first-order valence-electron chi connectivity index (χ1n) is 5.18. The van der Waals surface area contributed by atoms with E-state index in [0.717, 1.165) is 29.8 Å². The van der Waals surface area contributed by atoms with E-state index in [1.54, 1.807) is 0 Å². The number of piperidine rings is 1. The minimum absolute atomic E-state index is 0.742. The van der Waals surface area contributed by atoms with Crippen molar-refractivity contribution in [2.75, 3.05) is 7.05 Å². The number of rotatable bonds is 0. The van der Waals surface area contributed by atoms with Gasteiger partial charge in [-0.3, -0.25) is 0 Å². The minimum Gasteiger partial charge on any atom is -0.300 e. The molecule has 4 unspecified atom stereocenters. The van der Waals surface area contributed by atoms with Crippen LogP contribution in [0.1, 0.15) is 34.6 Å².